The molecule has 0 bridgehead atoms. The Hall–Kier alpha value is -2.01. The van der Waals surface area contributed by atoms with E-state index in [1.54, 1.807) is 11.3 Å². The lowest BCUT2D eigenvalue weighted by molar-refractivity contribution is -0.120. The van der Waals surface area contributed by atoms with Crippen molar-refractivity contribution in [3.8, 4) is 11.5 Å². The van der Waals surface area contributed by atoms with Crippen molar-refractivity contribution in [2.24, 2.45) is 0 Å². The van der Waals surface area contributed by atoms with Gasteiger partial charge in [0.1, 0.15) is 13.2 Å². The predicted molar refractivity (Wildman–Crippen MR) is 82.0 cm³/mol. The van der Waals surface area contributed by atoms with Gasteiger partial charge in [-0.3, -0.25) is 4.79 Å². The van der Waals surface area contributed by atoms with Crippen molar-refractivity contribution in [1.82, 2.24) is 5.32 Å². The molecule has 1 amide bonds. The number of hydrogen-bond donors (Lipinski definition) is 1. The van der Waals surface area contributed by atoms with Gasteiger partial charge < -0.3 is 14.8 Å². The maximum atomic E-state index is 11.9. The highest BCUT2D eigenvalue weighted by molar-refractivity contribution is 7.10. The van der Waals surface area contributed by atoms with E-state index in [1.165, 1.54) is 0 Å². The van der Waals surface area contributed by atoms with E-state index < -0.39 is 0 Å². The van der Waals surface area contributed by atoms with Gasteiger partial charge in [0.25, 0.3) is 0 Å². The number of amides is 1. The summed E-state index contributed by atoms with van der Waals surface area (Å²) >= 11 is 1.60. The molecule has 5 heteroatoms. The van der Waals surface area contributed by atoms with E-state index in [1.807, 2.05) is 36.6 Å². The first-order valence-electron chi connectivity index (χ1n) is 6.90. The van der Waals surface area contributed by atoms with Crippen LogP contribution in [0, 0.1) is 6.92 Å². The Labute approximate surface area is 127 Å². The highest BCUT2D eigenvalue weighted by Crippen LogP contribution is 2.32. The minimum atomic E-state index is 0.0340. The minimum Gasteiger partial charge on any atom is -0.486 e. The van der Waals surface area contributed by atoms with Crippen LogP contribution in [0.3, 0.4) is 0 Å². The number of ether oxygens (including phenoxy) is 2. The van der Waals surface area contributed by atoms with Gasteiger partial charge in [-0.2, -0.15) is 0 Å². The van der Waals surface area contributed by atoms with Crippen LogP contribution in [0.2, 0.25) is 0 Å². The second kappa shape index (κ2) is 6.18. The summed E-state index contributed by atoms with van der Waals surface area (Å²) in [6.45, 7) is 3.68. The molecule has 1 aromatic heterocycles. The Morgan fingerprint density at radius 2 is 2.05 bits per heavy atom. The molecule has 0 saturated carbocycles. The van der Waals surface area contributed by atoms with Gasteiger partial charge in [0.05, 0.1) is 6.42 Å². The van der Waals surface area contributed by atoms with E-state index >= 15 is 0 Å². The van der Waals surface area contributed by atoms with Gasteiger partial charge in [-0.05, 0) is 41.6 Å². The average Bonchev–Trinajstić information content (AvgIpc) is 2.98. The number of fused-ring (bicyclic) bond motifs is 1. The first-order chi connectivity index (χ1) is 10.2. The largest absolute Gasteiger partial charge is 0.486 e. The third-order valence-corrected chi connectivity index (χ3v) is 4.27. The quantitative estimate of drug-likeness (QED) is 0.944. The Balaban J connectivity index is 1.63. The van der Waals surface area contributed by atoms with E-state index in [9.17, 15) is 4.79 Å². The molecule has 4 nitrogen and oxygen atoms in total. The molecular weight excluding hydrogens is 286 g/mol. The predicted octanol–water partition coefficient (Wildman–Crippen LogP) is 2.69. The first kappa shape index (κ1) is 13.9. The molecule has 1 N–H and O–H groups in total. The fourth-order valence-electron chi connectivity index (χ4n) is 2.25. The van der Waals surface area contributed by atoms with Crippen LogP contribution in [0.5, 0.6) is 11.5 Å². The van der Waals surface area contributed by atoms with Crippen molar-refractivity contribution >= 4 is 17.2 Å². The molecule has 0 fully saturated rings. The van der Waals surface area contributed by atoms with Gasteiger partial charge in [0, 0.05) is 11.4 Å². The highest BCUT2D eigenvalue weighted by Gasteiger charge is 2.14. The van der Waals surface area contributed by atoms with Crippen molar-refractivity contribution in [3.05, 3.63) is 45.6 Å². The fourth-order valence-corrected chi connectivity index (χ4v) is 2.95. The number of benzene rings is 1. The third-order valence-electron chi connectivity index (χ3n) is 3.39. The van der Waals surface area contributed by atoms with Gasteiger partial charge in [0.2, 0.25) is 5.91 Å². The Kier molecular flexibility index (Phi) is 4.10. The average molecular weight is 303 g/mol. The molecule has 0 radical (unpaired) electrons. The van der Waals surface area contributed by atoms with Crippen molar-refractivity contribution in [2.45, 2.75) is 19.9 Å². The zero-order valence-corrected chi connectivity index (χ0v) is 12.7. The summed E-state index contributed by atoms with van der Waals surface area (Å²) in [7, 11) is 0. The van der Waals surface area contributed by atoms with Crippen molar-refractivity contribution < 1.29 is 14.3 Å². The van der Waals surface area contributed by atoms with Crippen LogP contribution in [-0.4, -0.2) is 19.1 Å². The van der Waals surface area contributed by atoms with Crippen molar-refractivity contribution in [2.75, 3.05) is 13.2 Å². The topological polar surface area (TPSA) is 47.6 Å². The molecule has 1 aliphatic heterocycles. The number of aryl methyl sites for hydroxylation is 1. The van der Waals surface area contributed by atoms with Crippen LogP contribution in [0.25, 0.3) is 0 Å². The Morgan fingerprint density at radius 1 is 1.29 bits per heavy atom. The van der Waals surface area contributed by atoms with Crippen LogP contribution in [0.1, 0.15) is 16.0 Å². The fraction of sp³-hybridized carbons (Fsp3) is 0.312. The molecule has 1 aromatic carbocycles. The Bertz CT molecular complexity index is 637. The lowest BCUT2D eigenvalue weighted by atomic mass is 10.1. The molecule has 21 heavy (non-hydrogen) atoms. The number of nitrogens with one attached hydrogen (secondary N) is 1. The van der Waals surface area contributed by atoms with Crippen LogP contribution in [-0.2, 0) is 17.8 Å². The van der Waals surface area contributed by atoms with Crippen LogP contribution in [0.15, 0.2) is 29.6 Å². The summed E-state index contributed by atoms with van der Waals surface area (Å²) in [6.07, 6.45) is 0.432. The molecule has 1 aliphatic rings. The molecule has 0 unspecified atom stereocenters. The molecular formula is C16H17NO3S. The standard InChI is InChI=1S/C16H17NO3S/c1-11-7-14-15(20-5-4-19-14)8-12(11)10-17-16(18)9-13-3-2-6-21-13/h2-3,6-8H,4-5,9-10H2,1H3,(H,17,18). The van der Waals surface area contributed by atoms with E-state index in [-0.39, 0.29) is 5.91 Å². The number of rotatable bonds is 4. The highest BCUT2D eigenvalue weighted by atomic mass is 32.1. The molecule has 2 heterocycles. The number of hydrogen-bond acceptors (Lipinski definition) is 4. The summed E-state index contributed by atoms with van der Waals surface area (Å²) in [5.74, 6) is 1.58. The van der Waals surface area contributed by atoms with Crippen LogP contribution < -0.4 is 14.8 Å². The maximum Gasteiger partial charge on any atom is 0.225 e. The number of thiophene rings is 1. The second-order valence-electron chi connectivity index (χ2n) is 4.96. The van der Waals surface area contributed by atoms with Gasteiger partial charge in [0.15, 0.2) is 11.5 Å². The maximum absolute atomic E-state index is 11.9. The van der Waals surface area contributed by atoms with E-state index in [0.29, 0.717) is 26.2 Å². The van der Waals surface area contributed by atoms with Crippen molar-refractivity contribution in [3.63, 3.8) is 0 Å². The third kappa shape index (κ3) is 3.36. The summed E-state index contributed by atoms with van der Waals surface area (Å²) in [5.41, 5.74) is 2.15. The van der Waals surface area contributed by atoms with E-state index in [0.717, 1.165) is 27.5 Å². The minimum absolute atomic E-state index is 0.0340. The zero-order chi connectivity index (χ0) is 14.7. The molecule has 0 spiro atoms. The molecule has 3 rings (SSSR count). The SMILES string of the molecule is Cc1cc2c(cc1CNC(=O)Cc1cccs1)OCCO2. The zero-order valence-electron chi connectivity index (χ0n) is 11.8. The smallest absolute Gasteiger partial charge is 0.225 e. The van der Waals surface area contributed by atoms with Crippen LogP contribution in [0.4, 0.5) is 0 Å². The van der Waals surface area contributed by atoms with E-state index in [4.69, 9.17) is 9.47 Å². The lowest BCUT2D eigenvalue weighted by Crippen LogP contribution is -2.25. The summed E-state index contributed by atoms with van der Waals surface area (Å²) in [5, 5.41) is 4.94. The second-order valence-corrected chi connectivity index (χ2v) is 5.99. The summed E-state index contributed by atoms with van der Waals surface area (Å²) < 4.78 is 11.1. The van der Waals surface area contributed by atoms with Crippen LogP contribution >= 0.6 is 11.3 Å². The lowest BCUT2D eigenvalue weighted by Gasteiger charge is -2.20. The Morgan fingerprint density at radius 3 is 2.76 bits per heavy atom. The van der Waals surface area contributed by atoms with Gasteiger partial charge in [-0.1, -0.05) is 6.07 Å². The monoisotopic (exact) mass is 303 g/mol. The molecule has 2 aromatic rings. The van der Waals surface area contributed by atoms with Gasteiger partial charge in [-0.25, -0.2) is 0 Å². The summed E-state index contributed by atoms with van der Waals surface area (Å²) in [6, 6.07) is 7.85. The molecule has 110 valence electrons. The molecule has 0 aliphatic carbocycles. The normalized spacial score (nSPS) is 13.0. The van der Waals surface area contributed by atoms with E-state index in [2.05, 4.69) is 5.32 Å². The van der Waals surface area contributed by atoms with Gasteiger partial charge >= 0.3 is 0 Å². The summed E-state index contributed by atoms with van der Waals surface area (Å²) in [4.78, 5) is 13.0. The molecule has 0 atom stereocenters. The number of carbonyl (C=O) groups excluding carboxylic acids is 1. The van der Waals surface area contributed by atoms with Crippen molar-refractivity contribution in [1.29, 1.82) is 0 Å². The van der Waals surface area contributed by atoms with Gasteiger partial charge in [-0.15, -0.1) is 11.3 Å². The molecule has 0 saturated heterocycles. The first-order valence-corrected chi connectivity index (χ1v) is 7.78. The number of carbonyl (C=O) groups is 1.